The maximum Gasteiger partial charge on any atom is 0.169 e. The number of hydrogen-bond donors (Lipinski definition) is 1. The van der Waals surface area contributed by atoms with Gasteiger partial charge in [0.1, 0.15) is 5.76 Å². The molecule has 1 aromatic rings. The highest BCUT2D eigenvalue weighted by atomic mass is 79.9. The van der Waals surface area contributed by atoms with E-state index in [0.29, 0.717) is 6.04 Å². The summed E-state index contributed by atoms with van der Waals surface area (Å²) < 4.78 is 6.37. The minimum absolute atomic E-state index is 0.292. The summed E-state index contributed by atoms with van der Waals surface area (Å²) in [5.74, 6) is 1.82. The smallest absolute Gasteiger partial charge is 0.169 e. The first kappa shape index (κ1) is 14.1. The number of rotatable bonds is 5. The molecule has 18 heavy (non-hydrogen) atoms. The number of likely N-dealkylation sites (tertiary alicyclic amines) is 1. The van der Waals surface area contributed by atoms with Crippen molar-refractivity contribution >= 4 is 15.9 Å². The summed E-state index contributed by atoms with van der Waals surface area (Å²) in [6.07, 6.45) is 2.63. The highest BCUT2D eigenvalue weighted by Gasteiger charge is 2.19. The van der Waals surface area contributed by atoms with Crippen LogP contribution in [-0.4, -0.2) is 31.1 Å². The first-order valence-corrected chi connectivity index (χ1v) is 7.69. The summed E-state index contributed by atoms with van der Waals surface area (Å²) in [5.41, 5.74) is 0. The summed E-state index contributed by atoms with van der Waals surface area (Å²) in [7, 11) is 0. The molecule has 102 valence electrons. The Morgan fingerprint density at radius 1 is 1.44 bits per heavy atom. The molecule has 0 bridgehead atoms. The Morgan fingerprint density at radius 2 is 2.17 bits per heavy atom. The molecule has 0 aromatic carbocycles. The van der Waals surface area contributed by atoms with E-state index in [1.165, 1.54) is 32.5 Å². The molecule has 3 nitrogen and oxygen atoms in total. The van der Waals surface area contributed by atoms with Gasteiger partial charge in [0.05, 0.1) is 6.04 Å². The van der Waals surface area contributed by atoms with Gasteiger partial charge in [0, 0.05) is 0 Å². The molecule has 0 radical (unpaired) electrons. The van der Waals surface area contributed by atoms with E-state index in [1.54, 1.807) is 0 Å². The second-order valence-corrected chi connectivity index (χ2v) is 5.93. The topological polar surface area (TPSA) is 28.4 Å². The van der Waals surface area contributed by atoms with Crippen molar-refractivity contribution in [2.24, 2.45) is 5.92 Å². The summed E-state index contributed by atoms with van der Waals surface area (Å²) in [5, 5.41) is 3.58. The monoisotopic (exact) mass is 314 g/mol. The van der Waals surface area contributed by atoms with Gasteiger partial charge >= 0.3 is 0 Å². The van der Waals surface area contributed by atoms with Crippen LogP contribution in [0.4, 0.5) is 0 Å². The van der Waals surface area contributed by atoms with Crippen molar-refractivity contribution in [3.05, 3.63) is 22.6 Å². The fourth-order valence-electron chi connectivity index (χ4n) is 2.51. The number of piperidine rings is 1. The summed E-state index contributed by atoms with van der Waals surface area (Å²) >= 11 is 3.34. The third-order valence-electron chi connectivity index (χ3n) is 3.89. The third kappa shape index (κ3) is 3.84. The second-order valence-electron chi connectivity index (χ2n) is 5.15. The van der Waals surface area contributed by atoms with Crippen LogP contribution in [0.5, 0.6) is 0 Å². The lowest BCUT2D eigenvalue weighted by molar-refractivity contribution is 0.187. The number of furan rings is 1. The normalized spacial score (nSPS) is 20.2. The molecule has 1 atom stereocenters. The van der Waals surface area contributed by atoms with Crippen LogP contribution in [0.25, 0.3) is 0 Å². The lowest BCUT2D eigenvalue weighted by Gasteiger charge is -2.31. The Balaban J connectivity index is 1.72. The average Bonchev–Trinajstić information content (AvgIpc) is 2.83. The summed E-state index contributed by atoms with van der Waals surface area (Å²) in [6, 6.07) is 4.27. The Kier molecular flexibility index (Phi) is 5.27. The minimum Gasteiger partial charge on any atom is -0.453 e. The molecule has 0 saturated carbocycles. The van der Waals surface area contributed by atoms with Gasteiger partial charge in [0.25, 0.3) is 0 Å². The van der Waals surface area contributed by atoms with Crippen molar-refractivity contribution in [3.8, 4) is 0 Å². The van der Waals surface area contributed by atoms with Crippen LogP contribution in [0.3, 0.4) is 0 Å². The average molecular weight is 315 g/mol. The molecular formula is C14H23BrN2O. The number of nitrogens with zero attached hydrogens (tertiary/aromatic N) is 1. The van der Waals surface area contributed by atoms with E-state index < -0.39 is 0 Å². The molecule has 1 saturated heterocycles. The molecule has 4 heteroatoms. The fraction of sp³-hybridized carbons (Fsp3) is 0.714. The highest BCUT2D eigenvalue weighted by molar-refractivity contribution is 9.10. The van der Waals surface area contributed by atoms with Crippen molar-refractivity contribution in [2.75, 3.05) is 26.2 Å². The van der Waals surface area contributed by atoms with E-state index >= 15 is 0 Å². The van der Waals surface area contributed by atoms with Gasteiger partial charge in [-0.15, -0.1) is 0 Å². The molecule has 0 amide bonds. The highest BCUT2D eigenvalue weighted by Crippen LogP contribution is 2.21. The molecule has 1 unspecified atom stereocenters. The van der Waals surface area contributed by atoms with E-state index in [-0.39, 0.29) is 0 Å². The molecule has 0 aliphatic carbocycles. The second kappa shape index (κ2) is 6.73. The largest absolute Gasteiger partial charge is 0.453 e. The number of halogens is 1. The lowest BCUT2D eigenvalue weighted by atomic mass is 9.96. The maximum absolute atomic E-state index is 5.57. The first-order valence-electron chi connectivity index (χ1n) is 6.90. The number of hydrogen-bond acceptors (Lipinski definition) is 3. The standard InChI is InChI=1S/C14H23BrN2O/c1-3-17-8-6-12(7-9-17)10-16-11(2)13-4-5-14(15)18-13/h4-5,11-12,16H,3,6-10H2,1-2H3. The maximum atomic E-state index is 5.57. The van der Waals surface area contributed by atoms with Crippen molar-refractivity contribution in [3.63, 3.8) is 0 Å². The first-order chi connectivity index (χ1) is 8.69. The van der Waals surface area contributed by atoms with Crippen LogP contribution in [-0.2, 0) is 0 Å². The van der Waals surface area contributed by atoms with Crippen LogP contribution in [0.15, 0.2) is 21.2 Å². The quantitative estimate of drug-likeness (QED) is 0.902. The molecule has 1 aromatic heterocycles. The van der Waals surface area contributed by atoms with Crippen LogP contribution < -0.4 is 5.32 Å². The van der Waals surface area contributed by atoms with E-state index in [9.17, 15) is 0 Å². The minimum atomic E-state index is 0.292. The molecule has 2 heterocycles. The van der Waals surface area contributed by atoms with Crippen molar-refractivity contribution < 1.29 is 4.42 Å². The SMILES string of the molecule is CCN1CCC(CNC(C)c2ccc(Br)o2)CC1. The Morgan fingerprint density at radius 3 is 2.72 bits per heavy atom. The lowest BCUT2D eigenvalue weighted by Crippen LogP contribution is -2.37. The van der Waals surface area contributed by atoms with Gasteiger partial charge in [-0.3, -0.25) is 0 Å². The van der Waals surface area contributed by atoms with Gasteiger partial charge in [-0.1, -0.05) is 6.92 Å². The Labute approximate surface area is 118 Å². The Bertz CT molecular complexity index is 358. The van der Waals surface area contributed by atoms with Gasteiger partial charge in [0.15, 0.2) is 4.67 Å². The van der Waals surface area contributed by atoms with Gasteiger partial charge in [-0.25, -0.2) is 0 Å². The fourth-order valence-corrected chi connectivity index (χ4v) is 2.83. The molecule has 1 aliphatic rings. The molecule has 1 aliphatic heterocycles. The van der Waals surface area contributed by atoms with Crippen LogP contribution >= 0.6 is 15.9 Å². The van der Waals surface area contributed by atoms with E-state index in [1.807, 2.05) is 12.1 Å². The molecule has 0 spiro atoms. The van der Waals surface area contributed by atoms with Crippen molar-refractivity contribution in [2.45, 2.75) is 32.7 Å². The van der Waals surface area contributed by atoms with Gasteiger partial charge in [0.2, 0.25) is 0 Å². The summed E-state index contributed by atoms with van der Waals surface area (Å²) in [6.45, 7) is 9.20. The predicted molar refractivity (Wildman–Crippen MR) is 77.7 cm³/mol. The zero-order valence-corrected chi connectivity index (χ0v) is 12.9. The summed E-state index contributed by atoms with van der Waals surface area (Å²) in [4.78, 5) is 2.53. The van der Waals surface area contributed by atoms with Crippen molar-refractivity contribution in [1.82, 2.24) is 10.2 Å². The van der Waals surface area contributed by atoms with E-state index in [4.69, 9.17) is 4.42 Å². The number of nitrogens with one attached hydrogen (secondary N) is 1. The molecule has 2 rings (SSSR count). The molecular weight excluding hydrogens is 292 g/mol. The Hall–Kier alpha value is -0.320. The van der Waals surface area contributed by atoms with Gasteiger partial charge < -0.3 is 14.6 Å². The van der Waals surface area contributed by atoms with E-state index in [2.05, 4.69) is 40.0 Å². The van der Waals surface area contributed by atoms with Crippen molar-refractivity contribution in [1.29, 1.82) is 0 Å². The van der Waals surface area contributed by atoms with Crippen LogP contribution in [0, 0.1) is 5.92 Å². The predicted octanol–water partition coefficient (Wildman–Crippen LogP) is 3.42. The third-order valence-corrected chi connectivity index (χ3v) is 4.31. The molecule has 1 N–H and O–H groups in total. The van der Waals surface area contributed by atoms with Crippen LogP contribution in [0.2, 0.25) is 0 Å². The zero-order valence-electron chi connectivity index (χ0n) is 11.3. The zero-order chi connectivity index (χ0) is 13.0. The molecule has 1 fully saturated rings. The van der Waals surface area contributed by atoms with E-state index in [0.717, 1.165) is 22.9 Å². The van der Waals surface area contributed by atoms with Gasteiger partial charge in [-0.05, 0) is 79.9 Å². The van der Waals surface area contributed by atoms with Crippen LogP contribution in [0.1, 0.15) is 38.5 Å². The van der Waals surface area contributed by atoms with Gasteiger partial charge in [-0.2, -0.15) is 0 Å².